The minimum atomic E-state index is -2.42. The van der Waals surface area contributed by atoms with Crippen LogP contribution in [0.15, 0.2) is 66.7 Å². The summed E-state index contributed by atoms with van der Waals surface area (Å²) in [6.07, 6.45) is 6.79. The second-order valence-electron chi connectivity index (χ2n) is 12.4. The molecule has 2 heterocycles. The number of carbonyl (C=O) groups excluding carboxylic acids is 3. The third-order valence-electron chi connectivity index (χ3n) is 8.90. The third kappa shape index (κ3) is 9.09. The number of hydrogen-bond donors (Lipinski definition) is 1. The second kappa shape index (κ2) is 17.0. The van der Waals surface area contributed by atoms with Crippen molar-refractivity contribution in [1.29, 1.82) is 0 Å². The van der Waals surface area contributed by atoms with Gasteiger partial charge in [-0.05, 0) is 67.9 Å². The minimum Gasteiger partial charge on any atom is -0.494 e. The molecule has 0 fully saturated rings. The van der Waals surface area contributed by atoms with E-state index in [2.05, 4.69) is 18.7 Å². The highest BCUT2D eigenvalue weighted by Gasteiger charge is 2.48. The molecule has 0 aromatic heterocycles. The molecule has 2 aliphatic heterocycles. The molecule has 9 nitrogen and oxygen atoms in total. The van der Waals surface area contributed by atoms with Gasteiger partial charge in [0.05, 0.1) is 24.5 Å². The van der Waals surface area contributed by atoms with Crippen LogP contribution < -0.4 is 18.9 Å². The number of rotatable bonds is 16. The van der Waals surface area contributed by atoms with Crippen LogP contribution in [0.25, 0.3) is 10.6 Å². The van der Waals surface area contributed by atoms with E-state index >= 15 is 0 Å². The van der Waals surface area contributed by atoms with Crippen molar-refractivity contribution in [3.05, 3.63) is 83.4 Å². The van der Waals surface area contributed by atoms with Gasteiger partial charge in [-0.3, -0.25) is 9.59 Å². The molecule has 0 spiro atoms. The summed E-state index contributed by atoms with van der Waals surface area (Å²) in [6.45, 7) is 8.47. The van der Waals surface area contributed by atoms with Crippen LogP contribution in [0.5, 0.6) is 23.0 Å². The zero-order valence-corrected chi connectivity index (χ0v) is 28.9. The van der Waals surface area contributed by atoms with Crippen LogP contribution in [0.2, 0.25) is 0 Å². The molecule has 5 rings (SSSR count). The lowest BCUT2D eigenvalue weighted by Gasteiger charge is -2.30. The number of fused-ring (bicyclic) bond motifs is 2. The Kier molecular flexibility index (Phi) is 12.5. The predicted octanol–water partition coefficient (Wildman–Crippen LogP) is 7.55. The summed E-state index contributed by atoms with van der Waals surface area (Å²) in [5.74, 6) is -2.81. The van der Waals surface area contributed by atoms with E-state index in [1.807, 2.05) is 54.6 Å². The molecule has 3 aromatic carbocycles. The normalized spacial score (nSPS) is 17.7. The van der Waals surface area contributed by atoms with E-state index in [4.69, 9.17) is 30.5 Å². The van der Waals surface area contributed by atoms with Gasteiger partial charge < -0.3 is 29.0 Å². The molecule has 0 aliphatic carbocycles. The van der Waals surface area contributed by atoms with Crippen molar-refractivity contribution >= 4 is 40.1 Å². The topological polar surface area (TPSA) is 112 Å². The Morgan fingerprint density at radius 1 is 0.755 bits per heavy atom. The predicted molar refractivity (Wildman–Crippen MR) is 188 cm³/mol. The fraction of sp³-hybridized carbons (Fsp3) is 0.410. The summed E-state index contributed by atoms with van der Waals surface area (Å²) in [5, 5.41) is 11.1. The highest BCUT2D eigenvalue weighted by Crippen LogP contribution is 2.49. The Hall–Kier alpha value is -4.18. The minimum absolute atomic E-state index is 0.122. The SMILES string of the molecule is CCN(CC)CCCCCCCCCOc1ccc(/C(=C(/Cl)c2ccccc2)c2ccc3c4c2OC(=O)CC(O)(CC(=O)O3)C(=O)O4)cc1. The number of nitrogens with zero attached hydrogens (tertiary/aromatic N) is 1. The molecular weight excluding hydrogens is 646 g/mol. The smallest absolute Gasteiger partial charge is 0.345 e. The molecule has 0 radical (unpaired) electrons. The van der Waals surface area contributed by atoms with E-state index in [1.165, 1.54) is 44.7 Å². The van der Waals surface area contributed by atoms with Crippen LogP contribution in [0, 0.1) is 0 Å². The first-order valence-corrected chi connectivity index (χ1v) is 17.5. The Labute approximate surface area is 292 Å². The highest BCUT2D eigenvalue weighted by atomic mass is 35.5. The molecule has 49 heavy (non-hydrogen) atoms. The van der Waals surface area contributed by atoms with Gasteiger partial charge in [-0.1, -0.05) is 100 Å². The molecular formula is C39H44ClNO8. The van der Waals surface area contributed by atoms with Gasteiger partial charge in [0.2, 0.25) is 5.75 Å². The highest BCUT2D eigenvalue weighted by molar-refractivity contribution is 6.53. The summed E-state index contributed by atoms with van der Waals surface area (Å²) in [4.78, 5) is 41.0. The number of esters is 3. The molecule has 260 valence electrons. The van der Waals surface area contributed by atoms with Crippen molar-refractivity contribution in [3.8, 4) is 23.0 Å². The molecule has 1 N–H and O–H groups in total. The fourth-order valence-electron chi connectivity index (χ4n) is 6.10. The number of aliphatic hydroxyl groups is 1. The average molecular weight is 690 g/mol. The van der Waals surface area contributed by atoms with E-state index in [0.29, 0.717) is 39.7 Å². The summed E-state index contributed by atoms with van der Waals surface area (Å²) >= 11 is 7.09. The maximum Gasteiger partial charge on any atom is 0.345 e. The Bertz CT molecular complexity index is 1650. The van der Waals surface area contributed by atoms with Crippen LogP contribution >= 0.6 is 11.6 Å². The van der Waals surface area contributed by atoms with Crippen molar-refractivity contribution in [1.82, 2.24) is 4.90 Å². The molecule has 2 aliphatic rings. The van der Waals surface area contributed by atoms with Gasteiger partial charge in [-0.2, -0.15) is 0 Å². The average Bonchev–Trinajstić information content (AvgIpc) is 3.09. The van der Waals surface area contributed by atoms with Crippen LogP contribution in [0.4, 0.5) is 0 Å². The van der Waals surface area contributed by atoms with Gasteiger partial charge in [0.1, 0.15) is 5.75 Å². The van der Waals surface area contributed by atoms with Crippen LogP contribution in [0.1, 0.15) is 88.3 Å². The van der Waals surface area contributed by atoms with Gasteiger partial charge in [0.25, 0.3) is 0 Å². The molecule has 3 aromatic rings. The maximum atomic E-state index is 13.0. The van der Waals surface area contributed by atoms with Crippen molar-refractivity contribution < 1.29 is 38.4 Å². The molecule has 10 heteroatoms. The first-order chi connectivity index (χ1) is 23.7. The molecule has 0 amide bonds. The Balaban J connectivity index is 1.32. The van der Waals surface area contributed by atoms with E-state index in [0.717, 1.165) is 25.9 Å². The summed E-state index contributed by atoms with van der Waals surface area (Å²) in [5.41, 5.74) is -0.264. The number of benzene rings is 3. The van der Waals surface area contributed by atoms with Gasteiger partial charge >= 0.3 is 17.9 Å². The molecule has 2 bridgehead atoms. The molecule has 0 saturated heterocycles. The molecule has 1 atom stereocenters. The van der Waals surface area contributed by atoms with E-state index < -0.39 is 36.4 Å². The zero-order valence-electron chi connectivity index (χ0n) is 28.2. The van der Waals surface area contributed by atoms with Crippen LogP contribution in [-0.4, -0.2) is 59.8 Å². The lowest BCUT2D eigenvalue weighted by atomic mass is 9.92. The second-order valence-corrected chi connectivity index (χ2v) is 12.8. The lowest BCUT2D eigenvalue weighted by Crippen LogP contribution is -2.48. The van der Waals surface area contributed by atoms with Gasteiger partial charge in [0.15, 0.2) is 17.1 Å². The zero-order chi connectivity index (χ0) is 34.8. The Morgan fingerprint density at radius 3 is 2.06 bits per heavy atom. The lowest BCUT2D eigenvalue weighted by molar-refractivity contribution is -0.170. The van der Waals surface area contributed by atoms with Gasteiger partial charge in [0, 0.05) is 11.1 Å². The monoisotopic (exact) mass is 689 g/mol. The van der Waals surface area contributed by atoms with Crippen LogP contribution in [0.3, 0.4) is 0 Å². The summed E-state index contributed by atoms with van der Waals surface area (Å²) in [7, 11) is 0. The van der Waals surface area contributed by atoms with Crippen LogP contribution in [-0.2, 0) is 14.4 Å². The van der Waals surface area contributed by atoms with E-state index in [9.17, 15) is 19.5 Å². The third-order valence-corrected chi connectivity index (χ3v) is 9.31. The molecule has 1 unspecified atom stereocenters. The van der Waals surface area contributed by atoms with Gasteiger partial charge in [-0.25, -0.2) is 4.79 Å². The number of carbonyl (C=O) groups is 3. The van der Waals surface area contributed by atoms with Crippen molar-refractivity contribution in [2.24, 2.45) is 0 Å². The first kappa shape index (κ1) is 36.1. The summed E-state index contributed by atoms with van der Waals surface area (Å²) in [6, 6.07) is 19.7. The Morgan fingerprint density at radius 2 is 1.39 bits per heavy atom. The van der Waals surface area contributed by atoms with Gasteiger partial charge in [-0.15, -0.1) is 0 Å². The van der Waals surface area contributed by atoms with Crippen molar-refractivity contribution in [3.63, 3.8) is 0 Å². The fourth-order valence-corrected chi connectivity index (χ4v) is 6.44. The molecule has 0 saturated carbocycles. The van der Waals surface area contributed by atoms with Crippen molar-refractivity contribution in [2.75, 3.05) is 26.2 Å². The quantitative estimate of drug-likeness (QED) is 0.0705. The first-order valence-electron chi connectivity index (χ1n) is 17.2. The number of hydrogen-bond acceptors (Lipinski definition) is 9. The van der Waals surface area contributed by atoms with Crippen molar-refractivity contribution in [2.45, 2.75) is 77.2 Å². The van der Waals surface area contributed by atoms with E-state index in [-0.39, 0.29) is 17.2 Å². The number of ether oxygens (including phenoxy) is 4. The largest absolute Gasteiger partial charge is 0.494 e. The summed E-state index contributed by atoms with van der Waals surface area (Å²) < 4.78 is 22.7. The maximum absolute atomic E-state index is 13.0. The standard InChI is InChI=1S/C39H44ClNO8/c1-3-41(4-2)23-13-8-6-5-7-9-14-24-46-29-19-17-27(18-20-29)34(35(40)28-15-11-10-12-16-28)30-21-22-31-37-36(30)48-33(43)26-39(45,38(44)49-37)25-32(42)47-31/h10-12,15-22,45H,3-9,13-14,23-26H2,1-2H3/b35-34-. The van der Waals surface area contributed by atoms with E-state index in [1.54, 1.807) is 6.07 Å². The number of unbranched alkanes of at least 4 members (excludes halogenated alkanes) is 6. The number of halogens is 1.